The Morgan fingerprint density at radius 1 is 0.533 bits per heavy atom. The van der Waals surface area contributed by atoms with Crippen molar-refractivity contribution in [3.63, 3.8) is 0 Å². The predicted molar refractivity (Wildman–Crippen MR) is 128 cm³/mol. The van der Waals surface area contributed by atoms with Crippen LogP contribution < -0.4 is 0 Å². The average Bonchev–Trinajstić information content (AvgIpc) is 3.18. The van der Waals surface area contributed by atoms with Crippen LogP contribution in [-0.2, 0) is 6.42 Å². The van der Waals surface area contributed by atoms with Crippen LogP contribution in [0.1, 0.15) is 16.7 Å². The number of benzene rings is 5. The Morgan fingerprint density at radius 2 is 1.27 bits per heavy atom. The molecule has 0 radical (unpaired) electrons. The Bertz CT molecular complexity index is 1420. The normalized spacial score (nSPS) is 12.0. The van der Waals surface area contributed by atoms with Gasteiger partial charge in [0.05, 0.1) is 0 Å². The van der Waals surface area contributed by atoms with E-state index in [2.05, 4.69) is 110 Å². The van der Waals surface area contributed by atoms with E-state index in [0.717, 1.165) is 6.42 Å². The maximum atomic E-state index is 2.34. The molecule has 1 aliphatic rings. The minimum absolute atomic E-state index is 1.01. The van der Waals surface area contributed by atoms with E-state index in [1.54, 1.807) is 0 Å². The Hall–Kier alpha value is -3.64. The number of fused-ring (bicyclic) bond motifs is 5. The van der Waals surface area contributed by atoms with Crippen molar-refractivity contribution in [1.29, 1.82) is 0 Å². The van der Waals surface area contributed by atoms with E-state index in [1.165, 1.54) is 60.8 Å². The Kier molecular flexibility index (Phi) is 3.86. The fourth-order valence-electron chi connectivity index (χ4n) is 4.94. The number of rotatable bonds is 2. The summed E-state index contributed by atoms with van der Waals surface area (Å²) in [6.45, 7) is 2.15. The summed E-state index contributed by atoms with van der Waals surface area (Å²) in [4.78, 5) is 0. The van der Waals surface area contributed by atoms with Gasteiger partial charge in [0.2, 0.25) is 0 Å². The second-order valence-corrected chi connectivity index (χ2v) is 8.29. The van der Waals surface area contributed by atoms with Crippen molar-refractivity contribution in [2.45, 2.75) is 13.3 Å². The standard InChI is InChI=1S/C30H22/c1-20-7-4-9-22(17-20)23-10-5-11-24(18-23)28-14-6-12-25-19-26-16-15-21-8-2-3-13-27(21)30(26)29(25)28/h2-18H,19H2,1H3. The van der Waals surface area contributed by atoms with Crippen molar-refractivity contribution in [2.75, 3.05) is 0 Å². The SMILES string of the molecule is Cc1cccc(-c2cccc(-c3cccc4c3-c3c(ccc5ccccc35)C4)c2)c1. The van der Waals surface area contributed by atoms with Gasteiger partial charge in [0.1, 0.15) is 0 Å². The van der Waals surface area contributed by atoms with Crippen LogP contribution in [0.5, 0.6) is 0 Å². The molecule has 142 valence electrons. The third-order valence-corrected chi connectivity index (χ3v) is 6.32. The smallest absolute Gasteiger partial charge is 0.00130 e. The highest BCUT2D eigenvalue weighted by Crippen LogP contribution is 2.46. The van der Waals surface area contributed by atoms with Crippen molar-refractivity contribution in [1.82, 2.24) is 0 Å². The van der Waals surface area contributed by atoms with E-state index in [0.29, 0.717) is 0 Å². The number of hydrogen-bond acceptors (Lipinski definition) is 0. The molecule has 0 unspecified atom stereocenters. The van der Waals surface area contributed by atoms with E-state index in [9.17, 15) is 0 Å². The molecule has 0 N–H and O–H groups in total. The van der Waals surface area contributed by atoms with Crippen LogP contribution in [0.4, 0.5) is 0 Å². The van der Waals surface area contributed by atoms with Crippen LogP contribution >= 0.6 is 0 Å². The van der Waals surface area contributed by atoms with Crippen LogP contribution in [0.2, 0.25) is 0 Å². The van der Waals surface area contributed by atoms with Crippen molar-refractivity contribution >= 4 is 10.8 Å². The first-order chi connectivity index (χ1) is 14.8. The molecule has 0 atom stereocenters. The molecule has 6 rings (SSSR count). The summed E-state index contributed by atoms with van der Waals surface area (Å²) in [6, 6.07) is 37.9. The summed E-state index contributed by atoms with van der Waals surface area (Å²) < 4.78 is 0. The summed E-state index contributed by atoms with van der Waals surface area (Å²) in [7, 11) is 0. The summed E-state index contributed by atoms with van der Waals surface area (Å²) >= 11 is 0. The molecule has 30 heavy (non-hydrogen) atoms. The zero-order valence-electron chi connectivity index (χ0n) is 17.0. The van der Waals surface area contributed by atoms with Gasteiger partial charge in [-0.1, -0.05) is 103 Å². The molecule has 0 saturated heterocycles. The van der Waals surface area contributed by atoms with E-state index in [4.69, 9.17) is 0 Å². The Balaban J connectivity index is 1.58. The highest BCUT2D eigenvalue weighted by molar-refractivity contribution is 6.05. The zero-order valence-corrected chi connectivity index (χ0v) is 17.0. The van der Waals surface area contributed by atoms with E-state index in [1.807, 2.05) is 0 Å². The Labute approximate surface area is 177 Å². The molecule has 0 heterocycles. The molecule has 0 spiro atoms. The quantitative estimate of drug-likeness (QED) is 0.284. The molecular formula is C30H22. The van der Waals surface area contributed by atoms with Gasteiger partial charge in [-0.15, -0.1) is 0 Å². The lowest BCUT2D eigenvalue weighted by atomic mass is 9.90. The van der Waals surface area contributed by atoms with Crippen LogP contribution in [0, 0.1) is 6.92 Å². The lowest BCUT2D eigenvalue weighted by Crippen LogP contribution is -1.88. The van der Waals surface area contributed by atoms with Gasteiger partial charge < -0.3 is 0 Å². The minimum atomic E-state index is 1.01. The summed E-state index contributed by atoms with van der Waals surface area (Å²) in [6.07, 6.45) is 1.01. The fourth-order valence-corrected chi connectivity index (χ4v) is 4.94. The van der Waals surface area contributed by atoms with Gasteiger partial charge in [0.25, 0.3) is 0 Å². The van der Waals surface area contributed by atoms with Crippen molar-refractivity contribution in [3.8, 4) is 33.4 Å². The van der Waals surface area contributed by atoms with Crippen molar-refractivity contribution < 1.29 is 0 Å². The maximum Gasteiger partial charge on any atom is -0.00130 e. The van der Waals surface area contributed by atoms with Gasteiger partial charge >= 0.3 is 0 Å². The van der Waals surface area contributed by atoms with Crippen molar-refractivity contribution in [3.05, 3.63) is 120 Å². The monoisotopic (exact) mass is 382 g/mol. The third-order valence-electron chi connectivity index (χ3n) is 6.32. The second-order valence-electron chi connectivity index (χ2n) is 8.29. The van der Waals surface area contributed by atoms with Gasteiger partial charge in [-0.3, -0.25) is 0 Å². The van der Waals surface area contributed by atoms with Gasteiger partial charge in [0, 0.05) is 0 Å². The summed E-state index contributed by atoms with van der Waals surface area (Å²) in [5, 5.41) is 2.67. The third kappa shape index (κ3) is 2.69. The van der Waals surface area contributed by atoms with Crippen molar-refractivity contribution in [2.24, 2.45) is 0 Å². The predicted octanol–water partition coefficient (Wildman–Crippen LogP) is 8.05. The molecule has 0 nitrogen and oxygen atoms in total. The molecule has 0 bridgehead atoms. The van der Waals surface area contributed by atoms with Crippen LogP contribution in [-0.4, -0.2) is 0 Å². The van der Waals surface area contributed by atoms with E-state index < -0.39 is 0 Å². The molecular weight excluding hydrogens is 360 g/mol. The molecule has 0 aromatic heterocycles. The highest BCUT2D eigenvalue weighted by atomic mass is 14.3. The maximum absolute atomic E-state index is 2.34. The van der Waals surface area contributed by atoms with Gasteiger partial charge in [-0.25, -0.2) is 0 Å². The molecule has 0 fully saturated rings. The second kappa shape index (κ2) is 6.71. The largest absolute Gasteiger partial charge is 0.0616 e. The first kappa shape index (κ1) is 17.2. The minimum Gasteiger partial charge on any atom is -0.0616 e. The summed E-state index contributed by atoms with van der Waals surface area (Å²) in [5.41, 5.74) is 12.1. The van der Waals surface area contributed by atoms with Gasteiger partial charge in [-0.05, 0) is 74.7 Å². The van der Waals surface area contributed by atoms with E-state index in [-0.39, 0.29) is 0 Å². The first-order valence-electron chi connectivity index (χ1n) is 10.6. The molecule has 0 heteroatoms. The molecule has 5 aromatic carbocycles. The van der Waals surface area contributed by atoms with Crippen LogP contribution in [0.3, 0.4) is 0 Å². The molecule has 0 saturated carbocycles. The lowest BCUT2D eigenvalue weighted by molar-refractivity contribution is 1.27. The fraction of sp³-hybridized carbons (Fsp3) is 0.0667. The molecule has 0 aliphatic heterocycles. The summed E-state index contributed by atoms with van der Waals surface area (Å²) in [5.74, 6) is 0. The van der Waals surface area contributed by atoms with E-state index >= 15 is 0 Å². The van der Waals surface area contributed by atoms with Gasteiger partial charge in [-0.2, -0.15) is 0 Å². The molecule has 0 amide bonds. The van der Waals surface area contributed by atoms with Crippen LogP contribution in [0.25, 0.3) is 44.2 Å². The lowest BCUT2D eigenvalue weighted by Gasteiger charge is -2.13. The van der Waals surface area contributed by atoms with Gasteiger partial charge in [0.15, 0.2) is 0 Å². The molecule has 1 aliphatic carbocycles. The topological polar surface area (TPSA) is 0 Å². The Morgan fingerprint density at radius 3 is 2.17 bits per heavy atom. The number of hydrogen-bond donors (Lipinski definition) is 0. The number of aryl methyl sites for hydroxylation is 1. The molecule has 5 aromatic rings. The van der Waals surface area contributed by atoms with Crippen LogP contribution in [0.15, 0.2) is 103 Å². The first-order valence-corrected chi connectivity index (χ1v) is 10.6. The highest BCUT2D eigenvalue weighted by Gasteiger charge is 2.24. The average molecular weight is 383 g/mol. The zero-order chi connectivity index (χ0) is 20.1.